The Kier molecular flexibility index (Phi) is 4.32. The number of hydrogen-bond donors (Lipinski definition) is 0. The first kappa shape index (κ1) is 11.7. The summed E-state index contributed by atoms with van der Waals surface area (Å²) in [5.74, 6) is 3.49. The van der Waals surface area contributed by atoms with Gasteiger partial charge in [0.25, 0.3) is 0 Å². The smallest absolute Gasteiger partial charge is 0.384 e. The fraction of sp³-hybridized carbons (Fsp3) is 0.182. The van der Waals surface area contributed by atoms with Crippen molar-refractivity contribution in [2.45, 2.75) is 6.92 Å². The van der Waals surface area contributed by atoms with Gasteiger partial charge in [0.15, 0.2) is 0 Å². The van der Waals surface area contributed by atoms with Crippen LogP contribution < -0.4 is 0 Å². The molecular formula is C11H8BrFO2. The fourth-order valence-corrected chi connectivity index (χ4v) is 1.34. The van der Waals surface area contributed by atoms with Crippen LogP contribution in [0.1, 0.15) is 12.5 Å². The van der Waals surface area contributed by atoms with Gasteiger partial charge in [-0.05, 0) is 35.0 Å². The lowest BCUT2D eigenvalue weighted by Crippen LogP contribution is -1.99. The number of esters is 1. The van der Waals surface area contributed by atoms with Crippen LogP contribution in [-0.4, -0.2) is 12.6 Å². The van der Waals surface area contributed by atoms with Gasteiger partial charge in [0.1, 0.15) is 5.82 Å². The second-order valence-electron chi connectivity index (χ2n) is 2.57. The van der Waals surface area contributed by atoms with Gasteiger partial charge in [-0.15, -0.1) is 0 Å². The molecule has 2 nitrogen and oxygen atoms in total. The predicted molar refractivity (Wildman–Crippen MR) is 57.6 cm³/mol. The summed E-state index contributed by atoms with van der Waals surface area (Å²) in [6.45, 7) is 1.94. The summed E-state index contributed by atoms with van der Waals surface area (Å²) in [5.41, 5.74) is 0.158. The molecule has 0 saturated carbocycles. The van der Waals surface area contributed by atoms with Crippen LogP contribution in [0.15, 0.2) is 22.7 Å². The van der Waals surface area contributed by atoms with E-state index in [1.54, 1.807) is 19.1 Å². The lowest BCUT2D eigenvalue weighted by Gasteiger charge is -1.96. The van der Waals surface area contributed by atoms with E-state index in [-0.39, 0.29) is 12.2 Å². The highest BCUT2D eigenvalue weighted by Gasteiger charge is 2.03. The van der Waals surface area contributed by atoms with Crippen molar-refractivity contribution in [1.29, 1.82) is 0 Å². The molecule has 0 aliphatic rings. The Morgan fingerprint density at radius 1 is 1.60 bits per heavy atom. The maximum absolute atomic E-state index is 13.2. The Bertz CT molecular complexity index is 412. The monoisotopic (exact) mass is 270 g/mol. The minimum Gasteiger partial charge on any atom is -0.456 e. The molecular weight excluding hydrogens is 263 g/mol. The van der Waals surface area contributed by atoms with Crippen LogP contribution in [0.3, 0.4) is 0 Å². The molecule has 0 heterocycles. The standard InChI is InChI=1S/C11H8BrFO2/c1-2-15-11(14)7-6-8-9(12)4-3-5-10(8)13/h3-5H,2H2,1H3. The van der Waals surface area contributed by atoms with Gasteiger partial charge in [-0.2, -0.15) is 0 Å². The quantitative estimate of drug-likeness (QED) is 0.579. The molecule has 0 fully saturated rings. The third kappa shape index (κ3) is 3.37. The van der Waals surface area contributed by atoms with E-state index < -0.39 is 11.8 Å². The molecule has 4 heteroatoms. The van der Waals surface area contributed by atoms with Crippen molar-refractivity contribution in [3.63, 3.8) is 0 Å². The third-order valence-electron chi connectivity index (χ3n) is 1.53. The van der Waals surface area contributed by atoms with E-state index in [0.717, 1.165) is 0 Å². The summed E-state index contributed by atoms with van der Waals surface area (Å²) in [6.07, 6.45) is 0. The van der Waals surface area contributed by atoms with Crippen LogP contribution in [0.2, 0.25) is 0 Å². The van der Waals surface area contributed by atoms with Crippen LogP contribution in [0.5, 0.6) is 0 Å². The highest BCUT2D eigenvalue weighted by Crippen LogP contribution is 2.17. The van der Waals surface area contributed by atoms with Crippen LogP contribution in [0.25, 0.3) is 0 Å². The summed E-state index contributed by atoms with van der Waals surface area (Å²) in [4.78, 5) is 10.9. The average Bonchev–Trinajstić information content (AvgIpc) is 2.17. The van der Waals surface area contributed by atoms with Crippen molar-refractivity contribution in [3.8, 4) is 11.8 Å². The second-order valence-corrected chi connectivity index (χ2v) is 3.42. The first-order chi connectivity index (χ1) is 7.15. The average molecular weight is 271 g/mol. The predicted octanol–water partition coefficient (Wildman–Crippen LogP) is 2.50. The molecule has 1 aromatic rings. The van der Waals surface area contributed by atoms with Crippen molar-refractivity contribution in [2.75, 3.05) is 6.61 Å². The van der Waals surface area contributed by atoms with Gasteiger partial charge in [0.2, 0.25) is 0 Å². The third-order valence-corrected chi connectivity index (χ3v) is 2.19. The zero-order valence-corrected chi connectivity index (χ0v) is 9.60. The van der Waals surface area contributed by atoms with Gasteiger partial charge in [0, 0.05) is 10.4 Å². The van der Waals surface area contributed by atoms with Gasteiger partial charge in [-0.1, -0.05) is 12.0 Å². The summed E-state index contributed by atoms with van der Waals surface area (Å²) in [5, 5.41) is 0. The van der Waals surface area contributed by atoms with E-state index >= 15 is 0 Å². The molecule has 0 aliphatic heterocycles. The minimum atomic E-state index is -0.660. The molecule has 0 bridgehead atoms. The number of hydrogen-bond acceptors (Lipinski definition) is 2. The molecule has 0 radical (unpaired) electrons. The Balaban J connectivity index is 2.93. The van der Waals surface area contributed by atoms with E-state index in [4.69, 9.17) is 0 Å². The topological polar surface area (TPSA) is 26.3 Å². The molecule has 15 heavy (non-hydrogen) atoms. The van der Waals surface area contributed by atoms with E-state index in [0.29, 0.717) is 4.47 Å². The minimum absolute atomic E-state index is 0.158. The Labute approximate surface area is 95.6 Å². The number of benzene rings is 1. The first-order valence-electron chi connectivity index (χ1n) is 4.28. The molecule has 78 valence electrons. The molecule has 0 N–H and O–H groups in total. The normalized spacial score (nSPS) is 9.00. The van der Waals surface area contributed by atoms with Gasteiger partial charge in [-0.3, -0.25) is 0 Å². The molecule has 0 aromatic heterocycles. The Morgan fingerprint density at radius 2 is 2.33 bits per heavy atom. The maximum Gasteiger partial charge on any atom is 0.384 e. The molecule has 1 rings (SSSR count). The zero-order chi connectivity index (χ0) is 11.3. The Morgan fingerprint density at radius 3 is 2.93 bits per heavy atom. The number of carbonyl (C=O) groups is 1. The van der Waals surface area contributed by atoms with E-state index in [1.165, 1.54) is 6.07 Å². The van der Waals surface area contributed by atoms with Gasteiger partial charge < -0.3 is 4.74 Å². The van der Waals surface area contributed by atoms with Crippen LogP contribution >= 0.6 is 15.9 Å². The lowest BCUT2D eigenvalue weighted by molar-refractivity contribution is -0.136. The summed E-state index contributed by atoms with van der Waals surface area (Å²) >= 11 is 3.14. The fourth-order valence-electron chi connectivity index (χ4n) is 0.898. The van der Waals surface area contributed by atoms with Gasteiger partial charge >= 0.3 is 5.97 Å². The molecule has 0 spiro atoms. The van der Waals surface area contributed by atoms with Gasteiger partial charge in [0.05, 0.1) is 12.2 Å². The SMILES string of the molecule is CCOC(=O)C#Cc1c(F)cccc1Br. The number of carbonyl (C=O) groups excluding carboxylic acids is 1. The molecule has 0 unspecified atom stereocenters. The number of halogens is 2. The molecule has 0 saturated heterocycles. The van der Waals surface area contributed by atoms with Crippen molar-refractivity contribution in [2.24, 2.45) is 0 Å². The van der Waals surface area contributed by atoms with Crippen molar-refractivity contribution < 1.29 is 13.9 Å². The zero-order valence-electron chi connectivity index (χ0n) is 8.01. The molecule has 0 atom stereocenters. The highest BCUT2D eigenvalue weighted by atomic mass is 79.9. The summed E-state index contributed by atoms with van der Waals surface area (Å²) < 4.78 is 18.3. The summed E-state index contributed by atoms with van der Waals surface area (Å²) in [7, 11) is 0. The van der Waals surface area contributed by atoms with E-state index in [9.17, 15) is 9.18 Å². The van der Waals surface area contributed by atoms with Crippen LogP contribution in [0, 0.1) is 17.7 Å². The van der Waals surface area contributed by atoms with E-state index in [1.807, 2.05) is 0 Å². The van der Waals surface area contributed by atoms with Crippen molar-refractivity contribution in [1.82, 2.24) is 0 Å². The summed E-state index contributed by atoms with van der Waals surface area (Å²) in [6, 6.07) is 4.48. The molecule has 1 aromatic carbocycles. The first-order valence-corrected chi connectivity index (χ1v) is 5.07. The largest absolute Gasteiger partial charge is 0.456 e. The molecule has 0 amide bonds. The van der Waals surface area contributed by atoms with Crippen molar-refractivity contribution in [3.05, 3.63) is 34.1 Å². The second kappa shape index (κ2) is 5.52. The van der Waals surface area contributed by atoms with Gasteiger partial charge in [-0.25, -0.2) is 9.18 Å². The lowest BCUT2D eigenvalue weighted by atomic mass is 10.2. The molecule has 0 aliphatic carbocycles. The Hall–Kier alpha value is -1.34. The highest BCUT2D eigenvalue weighted by molar-refractivity contribution is 9.10. The maximum atomic E-state index is 13.2. The van der Waals surface area contributed by atoms with E-state index in [2.05, 4.69) is 32.5 Å². The number of ether oxygens (including phenoxy) is 1. The van der Waals surface area contributed by atoms with Crippen LogP contribution in [0.4, 0.5) is 4.39 Å². The van der Waals surface area contributed by atoms with Crippen molar-refractivity contribution >= 4 is 21.9 Å². The van der Waals surface area contributed by atoms with Crippen LogP contribution in [-0.2, 0) is 9.53 Å². The number of rotatable bonds is 1.